The van der Waals surface area contributed by atoms with Crippen LogP contribution in [0.4, 0.5) is 0 Å². The molecule has 0 radical (unpaired) electrons. The fraction of sp³-hybridized carbons (Fsp3) is 0.538. The summed E-state index contributed by atoms with van der Waals surface area (Å²) < 4.78 is 0.666. The molecule has 1 aromatic heterocycles. The Labute approximate surface area is 115 Å². The number of amides is 1. The number of hydrogen-bond acceptors (Lipinski definition) is 3. The van der Waals surface area contributed by atoms with E-state index in [4.69, 9.17) is 0 Å². The number of rotatable bonds is 3. The minimum Gasteiger partial charge on any atom is -0.393 e. The molecule has 1 N–H and O–H groups in total. The highest BCUT2D eigenvalue weighted by molar-refractivity contribution is 9.10. The maximum Gasteiger partial charge on any atom is 0.254 e. The highest BCUT2D eigenvalue weighted by atomic mass is 79.9. The van der Waals surface area contributed by atoms with Gasteiger partial charge in [0.15, 0.2) is 0 Å². The third-order valence-corrected chi connectivity index (χ3v) is 3.66. The van der Waals surface area contributed by atoms with E-state index in [-0.39, 0.29) is 18.1 Å². The van der Waals surface area contributed by atoms with Gasteiger partial charge in [0, 0.05) is 24.3 Å². The highest BCUT2D eigenvalue weighted by Gasteiger charge is 2.30. The van der Waals surface area contributed by atoms with Gasteiger partial charge in [0.25, 0.3) is 5.91 Å². The molecule has 4 nitrogen and oxygen atoms in total. The van der Waals surface area contributed by atoms with E-state index in [1.807, 2.05) is 4.90 Å². The van der Waals surface area contributed by atoms with Gasteiger partial charge in [0.1, 0.15) is 4.60 Å². The summed E-state index contributed by atoms with van der Waals surface area (Å²) in [6, 6.07) is 3.62. The van der Waals surface area contributed by atoms with Gasteiger partial charge >= 0.3 is 0 Å². The van der Waals surface area contributed by atoms with E-state index in [1.165, 1.54) is 0 Å². The molecule has 0 aliphatic carbocycles. The van der Waals surface area contributed by atoms with Crippen LogP contribution in [0.2, 0.25) is 0 Å². The van der Waals surface area contributed by atoms with E-state index in [0.717, 1.165) is 19.4 Å². The summed E-state index contributed by atoms with van der Waals surface area (Å²) in [7, 11) is 0. The summed E-state index contributed by atoms with van der Waals surface area (Å²) >= 11 is 3.27. The first-order chi connectivity index (χ1) is 8.58. The van der Waals surface area contributed by atoms with Crippen LogP contribution in [0.25, 0.3) is 0 Å². The van der Waals surface area contributed by atoms with E-state index < -0.39 is 0 Å². The first-order valence-corrected chi connectivity index (χ1v) is 6.98. The van der Waals surface area contributed by atoms with Crippen LogP contribution >= 0.6 is 15.9 Å². The molecule has 1 amide bonds. The SMILES string of the molecule is CC(O)CC1CCCN1C(=O)c1ccnc(Br)c1. The summed E-state index contributed by atoms with van der Waals surface area (Å²) in [5.74, 6) is 0.0289. The van der Waals surface area contributed by atoms with Crippen LogP contribution in [0.1, 0.15) is 36.5 Å². The second kappa shape index (κ2) is 5.80. The molecule has 2 rings (SSSR count). The van der Waals surface area contributed by atoms with Crippen molar-refractivity contribution in [1.82, 2.24) is 9.88 Å². The molecule has 1 aliphatic rings. The molecule has 1 fully saturated rings. The van der Waals surface area contributed by atoms with E-state index in [2.05, 4.69) is 20.9 Å². The molecule has 1 saturated heterocycles. The van der Waals surface area contributed by atoms with Gasteiger partial charge in [0.05, 0.1) is 6.10 Å². The number of hydrogen-bond donors (Lipinski definition) is 1. The molecule has 0 bridgehead atoms. The van der Waals surface area contributed by atoms with Gasteiger partial charge < -0.3 is 10.0 Å². The summed E-state index contributed by atoms with van der Waals surface area (Å²) in [6.07, 6.45) is 3.89. The summed E-state index contributed by atoms with van der Waals surface area (Å²) in [5, 5.41) is 9.47. The predicted molar refractivity (Wildman–Crippen MR) is 72.3 cm³/mol. The number of carbonyl (C=O) groups excluding carboxylic acids is 1. The number of pyridine rings is 1. The van der Waals surface area contributed by atoms with Gasteiger partial charge in [-0.15, -0.1) is 0 Å². The van der Waals surface area contributed by atoms with E-state index >= 15 is 0 Å². The van der Waals surface area contributed by atoms with Crippen LogP contribution < -0.4 is 0 Å². The maximum absolute atomic E-state index is 12.4. The third kappa shape index (κ3) is 3.09. The van der Waals surface area contributed by atoms with Crippen molar-refractivity contribution in [1.29, 1.82) is 0 Å². The topological polar surface area (TPSA) is 53.4 Å². The maximum atomic E-state index is 12.4. The lowest BCUT2D eigenvalue weighted by molar-refractivity contribution is 0.0682. The molecule has 0 saturated carbocycles. The fourth-order valence-electron chi connectivity index (χ4n) is 2.44. The molecule has 2 unspecified atom stereocenters. The lowest BCUT2D eigenvalue weighted by atomic mass is 10.1. The normalized spacial score (nSPS) is 21.1. The lowest BCUT2D eigenvalue weighted by Gasteiger charge is -2.25. The average molecular weight is 313 g/mol. The molecule has 1 aromatic rings. The minimum atomic E-state index is -0.368. The molecule has 1 aliphatic heterocycles. The standard InChI is InChI=1S/C13H17BrN2O2/c1-9(17)7-11-3-2-6-16(11)13(18)10-4-5-15-12(14)8-10/h4-5,8-9,11,17H,2-3,6-7H2,1H3. The van der Waals surface area contributed by atoms with Crippen molar-refractivity contribution in [3.63, 3.8) is 0 Å². The molecule has 2 heterocycles. The quantitative estimate of drug-likeness (QED) is 0.871. The molecule has 98 valence electrons. The number of aromatic nitrogens is 1. The Morgan fingerprint density at radius 3 is 3.17 bits per heavy atom. The Hall–Kier alpha value is -0.940. The van der Waals surface area contributed by atoms with Gasteiger partial charge in [-0.2, -0.15) is 0 Å². The first-order valence-electron chi connectivity index (χ1n) is 6.18. The lowest BCUT2D eigenvalue weighted by Crippen LogP contribution is -2.37. The zero-order valence-corrected chi connectivity index (χ0v) is 11.9. The molecular weight excluding hydrogens is 296 g/mol. The Bertz CT molecular complexity index is 437. The number of halogens is 1. The number of nitrogens with zero attached hydrogens (tertiary/aromatic N) is 2. The molecule has 2 atom stereocenters. The highest BCUT2D eigenvalue weighted by Crippen LogP contribution is 2.24. The zero-order valence-electron chi connectivity index (χ0n) is 10.3. The van der Waals surface area contributed by atoms with Gasteiger partial charge in [0.2, 0.25) is 0 Å². The Balaban J connectivity index is 2.12. The van der Waals surface area contributed by atoms with Crippen molar-refractivity contribution in [2.24, 2.45) is 0 Å². The van der Waals surface area contributed by atoms with E-state index in [1.54, 1.807) is 25.3 Å². The number of carbonyl (C=O) groups is 1. The van der Waals surface area contributed by atoms with Gasteiger partial charge in [-0.3, -0.25) is 4.79 Å². The number of aliphatic hydroxyl groups excluding tert-OH is 1. The van der Waals surface area contributed by atoms with Gasteiger partial charge in [-0.25, -0.2) is 4.98 Å². The second-order valence-corrected chi connectivity index (χ2v) is 5.56. The first kappa shape index (κ1) is 13.5. The third-order valence-electron chi connectivity index (χ3n) is 3.22. The number of aliphatic hydroxyl groups is 1. The Morgan fingerprint density at radius 1 is 1.72 bits per heavy atom. The monoisotopic (exact) mass is 312 g/mol. The van der Waals surface area contributed by atoms with Crippen molar-refractivity contribution in [2.45, 2.75) is 38.3 Å². The summed E-state index contributed by atoms with van der Waals surface area (Å²) in [5.41, 5.74) is 0.648. The number of likely N-dealkylation sites (tertiary alicyclic amines) is 1. The molecule has 0 aromatic carbocycles. The zero-order chi connectivity index (χ0) is 13.1. The second-order valence-electron chi connectivity index (χ2n) is 4.75. The van der Waals surface area contributed by atoms with Gasteiger partial charge in [-0.05, 0) is 54.2 Å². The van der Waals surface area contributed by atoms with Crippen LogP contribution in [0.5, 0.6) is 0 Å². The molecule has 18 heavy (non-hydrogen) atoms. The van der Waals surface area contributed by atoms with E-state index in [0.29, 0.717) is 16.6 Å². The van der Waals surface area contributed by atoms with Crippen molar-refractivity contribution in [2.75, 3.05) is 6.54 Å². The van der Waals surface area contributed by atoms with E-state index in [9.17, 15) is 9.90 Å². The molecule has 5 heteroatoms. The van der Waals surface area contributed by atoms with Crippen LogP contribution in [-0.2, 0) is 0 Å². The van der Waals surface area contributed by atoms with Crippen molar-refractivity contribution < 1.29 is 9.90 Å². The smallest absolute Gasteiger partial charge is 0.254 e. The van der Waals surface area contributed by atoms with Crippen LogP contribution in [-0.4, -0.2) is 39.6 Å². The molecular formula is C13H17BrN2O2. The van der Waals surface area contributed by atoms with Gasteiger partial charge in [-0.1, -0.05) is 0 Å². The van der Waals surface area contributed by atoms with Crippen LogP contribution in [0.15, 0.2) is 22.9 Å². The largest absolute Gasteiger partial charge is 0.393 e. The predicted octanol–water partition coefficient (Wildman–Crippen LogP) is 2.22. The van der Waals surface area contributed by atoms with Crippen molar-refractivity contribution in [3.8, 4) is 0 Å². The molecule has 0 spiro atoms. The van der Waals surface area contributed by atoms with Crippen molar-refractivity contribution in [3.05, 3.63) is 28.5 Å². The summed E-state index contributed by atoms with van der Waals surface area (Å²) in [6.45, 7) is 2.54. The van der Waals surface area contributed by atoms with Crippen LogP contribution in [0.3, 0.4) is 0 Å². The Kier molecular flexibility index (Phi) is 4.35. The van der Waals surface area contributed by atoms with Crippen LogP contribution in [0, 0.1) is 0 Å². The van der Waals surface area contributed by atoms with Crippen molar-refractivity contribution >= 4 is 21.8 Å². The Morgan fingerprint density at radius 2 is 2.50 bits per heavy atom. The summed E-state index contributed by atoms with van der Waals surface area (Å²) in [4.78, 5) is 18.3. The minimum absolute atomic E-state index is 0.0289. The fourth-order valence-corrected chi connectivity index (χ4v) is 2.81. The average Bonchev–Trinajstić information content (AvgIpc) is 2.75.